The number of hydrogen-bond donors (Lipinski definition) is 1. The molecule has 0 aliphatic carbocycles. The fourth-order valence-electron chi connectivity index (χ4n) is 1.67. The van der Waals surface area contributed by atoms with Crippen LogP contribution in [0.15, 0.2) is 24.3 Å². The van der Waals surface area contributed by atoms with Crippen molar-refractivity contribution in [2.24, 2.45) is 5.73 Å². The van der Waals surface area contributed by atoms with E-state index in [1.807, 2.05) is 19.1 Å². The fraction of sp³-hybridized carbons (Fsp3) is 0.467. The lowest BCUT2D eigenvalue weighted by Gasteiger charge is -2.09. The van der Waals surface area contributed by atoms with Crippen molar-refractivity contribution in [3.05, 3.63) is 29.8 Å². The number of nitrogens with two attached hydrogens (primary N) is 1. The Labute approximate surface area is 104 Å². The zero-order chi connectivity index (χ0) is 12.5. The lowest BCUT2D eigenvalue weighted by molar-refractivity contribution is 0.414. The molecule has 2 N–H and O–H groups in total. The van der Waals surface area contributed by atoms with Gasteiger partial charge in [-0.2, -0.15) is 0 Å². The maximum Gasteiger partial charge on any atom is 0.118 e. The predicted molar refractivity (Wildman–Crippen MR) is 72.0 cm³/mol. The third-order valence-electron chi connectivity index (χ3n) is 2.78. The van der Waals surface area contributed by atoms with Gasteiger partial charge in [-0.1, -0.05) is 12.1 Å². The van der Waals surface area contributed by atoms with Gasteiger partial charge in [-0.15, -0.1) is 11.8 Å². The van der Waals surface area contributed by atoms with E-state index in [-0.39, 0.29) is 6.04 Å². The third kappa shape index (κ3) is 5.42. The van der Waals surface area contributed by atoms with Crippen molar-refractivity contribution in [3.8, 4) is 17.6 Å². The summed E-state index contributed by atoms with van der Waals surface area (Å²) in [6.45, 7) is 1.86. The van der Waals surface area contributed by atoms with Crippen LogP contribution in [0, 0.1) is 11.8 Å². The maximum atomic E-state index is 6.03. The molecule has 0 aliphatic heterocycles. The minimum absolute atomic E-state index is 0.248. The number of methoxy groups -OCH3 is 1. The van der Waals surface area contributed by atoms with Crippen LogP contribution in [0.5, 0.6) is 5.75 Å². The molecule has 1 aromatic rings. The Morgan fingerprint density at radius 1 is 1.24 bits per heavy atom. The van der Waals surface area contributed by atoms with Crippen LogP contribution in [0.4, 0.5) is 0 Å². The number of benzene rings is 1. The highest BCUT2D eigenvalue weighted by atomic mass is 16.5. The normalized spacial score (nSPS) is 11.5. The topological polar surface area (TPSA) is 35.2 Å². The molecular weight excluding hydrogens is 210 g/mol. The molecule has 1 aromatic carbocycles. The molecule has 2 nitrogen and oxygen atoms in total. The van der Waals surface area contributed by atoms with Crippen LogP contribution in [0.3, 0.4) is 0 Å². The Morgan fingerprint density at radius 3 is 2.53 bits per heavy atom. The lowest BCUT2D eigenvalue weighted by Crippen LogP contribution is -2.20. The largest absolute Gasteiger partial charge is 0.497 e. The van der Waals surface area contributed by atoms with Crippen LogP contribution < -0.4 is 10.5 Å². The summed E-state index contributed by atoms with van der Waals surface area (Å²) in [6.07, 6.45) is 3.92. The first-order valence-corrected chi connectivity index (χ1v) is 6.04. The van der Waals surface area contributed by atoms with Crippen LogP contribution in [-0.4, -0.2) is 13.2 Å². The second-order valence-corrected chi connectivity index (χ2v) is 4.11. The summed E-state index contributed by atoms with van der Waals surface area (Å²) in [5.74, 6) is 6.84. The van der Waals surface area contributed by atoms with Crippen molar-refractivity contribution < 1.29 is 4.74 Å². The molecule has 0 saturated heterocycles. The van der Waals surface area contributed by atoms with Crippen LogP contribution in [0.25, 0.3) is 0 Å². The van der Waals surface area contributed by atoms with E-state index in [9.17, 15) is 0 Å². The number of rotatable bonds is 6. The predicted octanol–water partition coefficient (Wildman–Crippen LogP) is 2.76. The first-order chi connectivity index (χ1) is 8.26. The molecule has 0 radical (unpaired) electrons. The molecule has 2 heteroatoms. The van der Waals surface area contributed by atoms with Crippen molar-refractivity contribution >= 4 is 0 Å². The van der Waals surface area contributed by atoms with E-state index in [0.29, 0.717) is 0 Å². The first kappa shape index (κ1) is 13.6. The van der Waals surface area contributed by atoms with Gasteiger partial charge in [0.15, 0.2) is 0 Å². The summed E-state index contributed by atoms with van der Waals surface area (Å²) in [5.41, 5.74) is 7.33. The lowest BCUT2D eigenvalue weighted by atomic mass is 10.0. The van der Waals surface area contributed by atoms with Gasteiger partial charge in [0.2, 0.25) is 0 Å². The first-order valence-electron chi connectivity index (χ1n) is 6.04. The second kappa shape index (κ2) is 7.76. The molecule has 0 saturated carbocycles. The van der Waals surface area contributed by atoms with Gasteiger partial charge in [0.1, 0.15) is 5.75 Å². The molecule has 0 amide bonds. The minimum Gasteiger partial charge on any atom is -0.497 e. The maximum absolute atomic E-state index is 6.03. The molecule has 0 heterocycles. The Hall–Kier alpha value is -1.46. The molecule has 0 fully saturated rings. The van der Waals surface area contributed by atoms with Crippen LogP contribution in [-0.2, 0) is 6.42 Å². The van der Waals surface area contributed by atoms with Crippen LogP contribution >= 0.6 is 0 Å². The Bertz CT molecular complexity index is 372. The highest BCUT2D eigenvalue weighted by molar-refractivity contribution is 5.27. The molecule has 1 rings (SSSR count). The van der Waals surface area contributed by atoms with E-state index in [1.54, 1.807) is 7.11 Å². The summed E-state index contributed by atoms with van der Waals surface area (Å²) in [4.78, 5) is 0. The van der Waals surface area contributed by atoms with E-state index >= 15 is 0 Å². The SMILES string of the molecule is CC#CCCC(N)CCc1ccc(OC)cc1. The summed E-state index contributed by atoms with van der Waals surface area (Å²) >= 11 is 0. The molecule has 1 unspecified atom stereocenters. The van der Waals surface area contributed by atoms with E-state index < -0.39 is 0 Å². The van der Waals surface area contributed by atoms with Crippen LogP contribution in [0.1, 0.15) is 31.7 Å². The fourth-order valence-corrected chi connectivity index (χ4v) is 1.67. The third-order valence-corrected chi connectivity index (χ3v) is 2.78. The summed E-state index contributed by atoms with van der Waals surface area (Å²) < 4.78 is 5.12. The minimum atomic E-state index is 0.248. The van der Waals surface area contributed by atoms with Crippen LogP contribution in [0.2, 0.25) is 0 Å². The summed E-state index contributed by atoms with van der Waals surface area (Å²) in [5, 5.41) is 0. The summed E-state index contributed by atoms with van der Waals surface area (Å²) in [6, 6.07) is 8.42. The highest BCUT2D eigenvalue weighted by Crippen LogP contribution is 2.13. The average Bonchev–Trinajstić information content (AvgIpc) is 2.37. The highest BCUT2D eigenvalue weighted by Gasteiger charge is 2.02. The zero-order valence-corrected chi connectivity index (χ0v) is 10.7. The van der Waals surface area contributed by atoms with Gasteiger partial charge >= 0.3 is 0 Å². The number of aryl methyl sites for hydroxylation is 1. The molecule has 1 atom stereocenters. The number of ether oxygens (including phenoxy) is 1. The molecule has 0 bridgehead atoms. The molecule has 17 heavy (non-hydrogen) atoms. The Morgan fingerprint density at radius 2 is 1.94 bits per heavy atom. The zero-order valence-electron chi connectivity index (χ0n) is 10.7. The van der Waals surface area contributed by atoms with Gasteiger partial charge in [-0.3, -0.25) is 0 Å². The van der Waals surface area contributed by atoms with Gasteiger partial charge in [-0.05, 0) is 43.9 Å². The second-order valence-electron chi connectivity index (χ2n) is 4.11. The van der Waals surface area contributed by atoms with Crippen molar-refractivity contribution in [1.82, 2.24) is 0 Å². The monoisotopic (exact) mass is 231 g/mol. The smallest absolute Gasteiger partial charge is 0.118 e. The average molecular weight is 231 g/mol. The van der Waals surface area contributed by atoms with Crippen molar-refractivity contribution in [1.29, 1.82) is 0 Å². The Balaban J connectivity index is 2.30. The van der Waals surface area contributed by atoms with Crippen molar-refractivity contribution in [2.75, 3.05) is 7.11 Å². The number of hydrogen-bond acceptors (Lipinski definition) is 2. The molecular formula is C15H21NO. The van der Waals surface area contributed by atoms with E-state index in [2.05, 4.69) is 24.0 Å². The Kier molecular flexibility index (Phi) is 6.21. The van der Waals surface area contributed by atoms with Gasteiger partial charge < -0.3 is 10.5 Å². The van der Waals surface area contributed by atoms with E-state index in [4.69, 9.17) is 10.5 Å². The van der Waals surface area contributed by atoms with Gasteiger partial charge in [0, 0.05) is 12.5 Å². The quantitative estimate of drug-likeness (QED) is 0.764. The molecule has 0 aromatic heterocycles. The van der Waals surface area contributed by atoms with Gasteiger partial charge in [0.05, 0.1) is 7.11 Å². The molecule has 0 aliphatic rings. The van der Waals surface area contributed by atoms with Gasteiger partial charge in [-0.25, -0.2) is 0 Å². The van der Waals surface area contributed by atoms with Crippen molar-refractivity contribution in [3.63, 3.8) is 0 Å². The molecule has 92 valence electrons. The molecule has 0 spiro atoms. The van der Waals surface area contributed by atoms with Crippen molar-refractivity contribution in [2.45, 2.75) is 38.6 Å². The van der Waals surface area contributed by atoms with E-state index in [0.717, 1.165) is 31.4 Å². The summed E-state index contributed by atoms with van der Waals surface area (Å²) in [7, 11) is 1.68. The van der Waals surface area contributed by atoms with Gasteiger partial charge in [0.25, 0.3) is 0 Å². The van der Waals surface area contributed by atoms with E-state index in [1.165, 1.54) is 5.56 Å². The standard InChI is InChI=1S/C15H21NO/c1-3-4-5-6-14(16)10-7-13-8-11-15(17-2)12-9-13/h8-9,11-12,14H,5-7,10,16H2,1-2H3.